The summed E-state index contributed by atoms with van der Waals surface area (Å²) in [6, 6.07) is 4.60. The Hall–Kier alpha value is -1.44. The van der Waals surface area contributed by atoms with Crippen molar-refractivity contribution in [1.82, 2.24) is 0 Å². The number of aliphatic hydroxyl groups is 2. The van der Waals surface area contributed by atoms with Crippen molar-refractivity contribution < 1.29 is 34.3 Å². The molecule has 0 aliphatic heterocycles. The molecule has 0 radical (unpaired) electrons. The van der Waals surface area contributed by atoms with Crippen molar-refractivity contribution in [3.63, 3.8) is 0 Å². The van der Waals surface area contributed by atoms with Crippen LogP contribution in [0.2, 0.25) is 0 Å². The first-order chi connectivity index (χ1) is 10.3. The van der Waals surface area contributed by atoms with E-state index in [0.717, 1.165) is 0 Å². The van der Waals surface area contributed by atoms with E-state index in [2.05, 4.69) is 0 Å². The SMILES string of the molecule is N[C@@H](CCP(=O)(O)C(O)c1ccc(OCCO)cc1)C(=O)O. The van der Waals surface area contributed by atoms with Crippen LogP contribution in [0, 0.1) is 0 Å². The van der Waals surface area contributed by atoms with Crippen LogP contribution < -0.4 is 10.5 Å². The van der Waals surface area contributed by atoms with Crippen molar-refractivity contribution in [2.24, 2.45) is 5.73 Å². The van der Waals surface area contributed by atoms with E-state index in [1.54, 1.807) is 0 Å². The summed E-state index contributed by atoms with van der Waals surface area (Å²) < 4.78 is 17.2. The minimum Gasteiger partial charge on any atom is -0.491 e. The van der Waals surface area contributed by atoms with Crippen molar-refractivity contribution in [2.75, 3.05) is 19.4 Å². The first kappa shape index (κ1) is 18.6. The molecule has 0 heterocycles. The summed E-state index contributed by atoms with van der Waals surface area (Å²) in [5.41, 5.74) is 5.49. The molecular formula is C13H20NO7P. The smallest absolute Gasteiger partial charge is 0.320 e. The highest BCUT2D eigenvalue weighted by Gasteiger charge is 2.31. The number of benzene rings is 1. The molecule has 0 bridgehead atoms. The van der Waals surface area contributed by atoms with Gasteiger partial charge in [0.15, 0.2) is 5.85 Å². The number of nitrogens with two attached hydrogens (primary N) is 1. The van der Waals surface area contributed by atoms with Crippen molar-refractivity contribution in [1.29, 1.82) is 0 Å². The molecule has 0 aliphatic rings. The highest BCUT2D eigenvalue weighted by Crippen LogP contribution is 2.54. The maximum atomic E-state index is 12.1. The lowest BCUT2D eigenvalue weighted by atomic mass is 10.2. The lowest BCUT2D eigenvalue weighted by Crippen LogP contribution is -2.31. The van der Waals surface area contributed by atoms with E-state index in [-0.39, 0.29) is 25.2 Å². The van der Waals surface area contributed by atoms with Gasteiger partial charge in [-0.25, -0.2) is 0 Å². The molecule has 6 N–H and O–H groups in total. The molecule has 0 saturated carbocycles. The zero-order valence-electron chi connectivity index (χ0n) is 11.8. The monoisotopic (exact) mass is 333 g/mol. The highest BCUT2D eigenvalue weighted by atomic mass is 31.2. The van der Waals surface area contributed by atoms with Gasteiger partial charge in [-0.1, -0.05) is 12.1 Å². The van der Waals surface area contributed by atoms with Crippen LogP contribution in [0.4, 0.5) is 0 Å². The predicted octanol–water partition coefficient (Wildman–Crippen LogP) is 0.121. The molecule has 8 nitrogen and oxygen atoms in total. The van der Waals surface area contributed by atoms with Crippen LogP contribution in [-0.2, 0) is 9.36 Å². The van der Waals surface area contributed by atoms with Gasteiger partial charge in [0.2, 0.25) is 7.37 Å². The third-order valence-corrected chi connectivity index (χ3v) is 4.96. The Morgan fingerprint density at radius 3 is 2.41 bits per heavy atom. The number of hydrogen-bond acceptors (Lipinski definition) is 6. The molecule has 22 heavy (non-hydrogen) atoms. The maximum absolute atomic E-state index is 12.1. The summed E-state index contributed by atoms with van der Waals surface area (Å²) in [4.78, 5) is 20.5. The van der Waals surface area contributed by atoms with E-state index in [0.29, 0.717) is 5.75 Å². The summed E-state index contributed by atoms with van der Waals surface area (Å²) in [5.74, 6) is -2.44. The van der Waals surface area contributed by atoms with E-state index >= 15 is 0 Å². The molecule has 1 aromatic carbocycles. The van der Waals surface area contributed by atoms with Gasteiger partial charge in [-0.15, -0.1) is 0 Å². The average molecular weight is 333 g/mol. The fourth-order valence-electron chi connectivity index (χ4n) is 1.70. The van der Waals surface area contributed by atoms with Crippen LogP contribution in [0.25, 0.3) is 0 Å². The zero-order chi connectivity index (χ0) is 16.8. The maximum Gasteiger partial charge on any atom is 0.320 e. The van der Waals surface area contributed by atoms with E-state index in [1.165, 1.54) is 24.3 Å². The Morgan fingerprint density at radius 2 is 1.91 bits per heavy atom. The van der Waals surface area contributed by atoms with E-state index in [4.69, 9.17) is 20.7 Å². The van der Waals surface area contributed by atoms with Crippen molar-refractivity contribution in [2.45, 2.75) is 18.3 Å². The predicted molar refractivity (Wildman–Crippen MR) is 78.9 cm³/mol. The Labute approximate surface area is 127 Å². The first-order valence-corrected chi connectivity index (χ1v) is 8.51. The lowest BCUT2D eigenvalue weighted by Gasteiger charge is -2.19. The van der Waals surface area contributed by atoms with Gasteiger partial charge in [-0.2, -0.15) is 0 Å². The molecule has 0 fully saturated rings. The molecule has 0 aromatic heterocycles. The number of carbonyl (C=O) groups is 1. The summed E-state index contributed by atoms with van der Waals surface area (Å²) >= 11 is 0. The Kier molecular flexibility index (Phi) is 6.99. The van der Waals surface area contributed by atoms with Crippen LogP contribution in [0.15, 0.2) is 24.3 Å². The third-order valence-electron chi connectivity index (χ3n) is 3.00. The highest BCUT2D eigenvalue weighted by molar-refractivity contribution is 7.58. The molecule has 0 aliphatic carbocycles. The van der Waals surface area contributed by atoms with Crippen LogP contribution in [0.1, 0.15) is 17.8 Å². The summed E-state index contributed by atoms with van der Waals surface area (Å²) in [7, 11) is -4.00. The number of carboxylic acid groups (broad SMARTS) is 1. The summed E-state index contributed by atoms with van der Waals surface area (Å²) in [5, 5.41) is 27.3. The second kappa shape index (κ2) is 8.26. The minimum absolute atomic E-state index is 0.119. The normalized spacial score (nSPS) is 16.5. The summed E-state index contributed by atoms with van der Waals surface area (Å²) in [6.45, 7) is -0.0203. The number of carboxylic acids is 1. The zero-order valence-corrected chi connectivity index (χ0v) is 12.7. The van der Waals surface area contributed by atoms with Gasteiger partial charge in [-0.3, -0.25) is 9.36 Å². The molecule has 124 valence electrons. The molecular weight excluding hydrogens is 313 g/mol. The topological polar surface area (TPSA) is 150 Å². The third kappa shape index (κ3) is 5.40. The number of hydrogen-bond donors (Lipinski definition) is 5. The number of ether oxygens (including phenoxy) is 1. The molecule has 2 unspecified atom stereocenters. The van der Waals surface area contributed by atoms with Gasteiger partial charge in [-0.05, 0) is 24.1 Å². The molecule has 0 amide bonds. The largest absolute Gasteiger partial charge is 0.491 e. The molecule has 9 heteroatoms. The van der Waals surface area contributed by atoms with Crippen LogP contribution in [-0.4, -0.2) is 51.6 Å². The van der Waals surface area contributed by atoms with Crippen LogP contribution in [0.3, 0.4) is 0 Å². The Balaban J connectivity index is 2.70. The molecule has 3 atom stereocenters. The molecule has 1 rings (SSSR count). The second-order valence-electron chi connectivity index (χ2n) is 4.73. The fourth-order valence-corrected chi connectivity index (χ4v) is 3.23. The van der Waals surface area contributed by atoms with Crippen molar-refractivity contribution in [3.05, 3.63) is 29.8 Å². The molecule has 0 saturated heterocycles. The van der Waals surface area contributed by atoms with Crippen molar-refractivity contribution in [3.8, 4) is 5.75 Å². The fraction of sp³-hybridized carbons (Fsp3) is 0.462. The first-order valence-electron chi connectivity index (χ1n) is 6.59. The lowest BCUT2D eigenvalue weighted by molar-refractivity contribution is -0.138. The Morgan fingerprint density at radius 1 is 1.32 bits per heavy atom. The van der Waals surface area contributed by atoms with Crippen LogP contribution in [0.5, 0.6) is 5.75 Å². The van der Waals surface area contributed by atoms with Crippen molar-refractivity contribution >= 4 is 13.3 Å². The minimum atomic E-state index is -4.00. The van der Waals surface area contributed by atoms with Gasteiger partial charge in [0.1, 0.15) is 18.4 Å². The quantitative estimate of drug-likeness (QED) is 0.400. The second-order valence-corrected chi connectivity index (χ2v) is 7.18. The number of rotatable bonds is 9. The van der Waals surface area contributed by atoms with Crippen LogP contribution >= 0.6 is 7.37 Å². The van der Waals surface area contributed by atoms with E-state index in [9.17, 15) is 19.4 Å². The van der Waals surface area contributed by atoms with Gasteiger partial charge in [0, 0.05) is 6.16 Å². The van der Waals surface area contributed by atoms with E-state index < -0.39 is 31.4 Å². The summed E-state index contributed by atoms with van der Waals surface area (Å²) in [6.07, 6.45) is -0.609. The molecule has 0 spiro atoms. The van der Waals surface area contributed by atoms with Gasteiger partial charge < -0.3 is 30.7 Å². The standard InChI is InChI=1S/C13H20NO7P/c14-11(12(16)17)5-8-22(19,20)13(18)9-1-3-10(4-2-9)21-7-6-15/h1-4,11,13,15,18H,5-8,14H2,(H,16,17)(H,19,20)/t11-,13?/m0/s1. The van der Waals surface area contributed by atoms with Gasteiger partial charge in [0.25, 0.3) is 0 Å². The number of aliphatic carboxylic acids is 1. The molecule has 1 aromatic rings. The van der Waals surface area contributed by atoms with E-state index in [1.807, 2.05) is 0 Å². The Bertz CT molecular complexity index is 534. The number of aliphatic hydroxyl groups excluding tert-OH is 2. The van der Waals surface area contributed by atoms with Gasteiger partial charge >= 0.3 is 5.97 Å². The average Bonchev–Trinajstić information content (AvgIpc) is 2.50. The van der Waals surface area contributed by atoms with Gasteiger partial charge in [0.05, 0.1) is 6.61 Å².